The van der Waals surface area contributed by atoms with Gasteiger partial charge in [-0.2, -0.15) is 0 Å². The van der Waals surface area contributed by atoms with Crippen molar-refractivity contribution < 1.29 is 5.11 Å². The molecule has 4 heteroatoms. The average molecular weight is 375 g/mol. The molecule has 0 aliphatic heterocycles. The zero-order chi connectivity index (χ0) is 19.0. The number of nitrogens with zero attached hydrogens (tertiary/aromatic N) is 2. The summed E-state index contributed by atoms with van der Waals surface area (Å²) in [5.74, 6) is 0. The van der Waals surface area contributed by atoms with E-state index in [1.54, 1.807) is 12.4 Å². The van der Waals surface area contributed by atoms with E-state index in [0.717, 1.165) is 38.7 Å². The number of hydrogen-bond donors (Lipinski definition) is 1. The monoisotopic (exact) mass is 374 g/mol. The zero-order valence-corrected chi connectivity index (χ0v) is 16.0. The number of aliphatic hydroxyl groups excluding tert-OH is 1. The van der Waals surface area contributed by atoms with E-state index in [1.807, 2.05) is 42.5 Å². The Labute approximate surface area is 163 Å². The van der Waals surface area contributed by atoms with E-state index in [0.29, 0.717) is 10.7 Å². The maximum Gasteiger partial charge on any atom is 0.0853 e. The van der Waals surface area contributed by atoms with Crippen molar-refractivity contribution in [3.8, 4) is 22.3 Å². The molecule has 134 valence electrons. The number of rotatable bonds is 3. The molecular formula is C23H19ClN2O. The lowest BCUT2D eigenvalue weighted by Crippen LogP contribution is -1.98. The smallest absolute Gasteiger partial charge is 0.0853 e. The molecule has 3 nitrogen and oxygen atoms in total. The largest absolute Gasteiger partial charge is 0.390 e. The number of benzene rings is 2. The van der Waals surface area contributed by atoms with Crippen molar-refractivity contribution in [1.29, 1.82) is 0 Å². The third-order valence-corrected chi connectivity index (χ3v) is 5.22. The fourth-order valence-corrected chi connectivity index (χ4v) is 3.99. The number of aryl methyl sites for hydroxylation is 2. The van der Waals surface area contributed by atoms with Gasteiger partial charge in [0.25, 0.3) is 0 Å². The molecule has 27 heavy (non-hydrogen) atoms. The minimum atomic E-state index is -0.113. The second-order valence-electron chi connectivity index (χ2n) is 6.62. The molecule has 4 aromatic rings. The Bertz CT molecular complexity index is 1140. The molecule has 0 aliphatic rings. The average Bonchev–Trinajstić information content (AvgIpc) is 2.68. The van der Waals surface area contributed by atoms with Gasteiger partial charge in [-0.15, -0.1) is 0 Å². The molecule has 0 aliphatic carbocycles. The van der Waals surface area contributed by atoms with Crippen molar-refractivity contribution in [2.45, 2.75) is 20.5 Å². The predicted molar refractivity (Wildman–Crippen MR) is 111 cm³/mol. The summed E-state index contributed by atoms with van der Waals surface area (Å²) in [6.45, 7) is 4.09. The first-order valence-corrected chi connectivity index (χ1v) is 9.18. The molecule has 0 atom stereocenters. The lowest BCUT2D eigenvalue weighted by atomic mass is 9.89. The maximum atomic E-state index is 9.71. The highest BCUT2D eigenvalue weighted by molar-refractivity contribution is 6.33. The van der Waals surface area contributed by atoms with Gasteiger partial charge in [0.2, 0.25) is 0 Å². The summed E-state index contributed by atoms with van der Waals surface area (Å²) in [5, 5.41) is 11.4. The summed E-state index contributed by atoms with van der Waals surface area (Å²) in [4.78, 5) is 8.79. The SMILES string of the molecule is Cc1cc2nc(CO)cc(-c3ccccc3Cl)c2c(C)c1-c1ccncc1. The van der Waals surface area contributed by atoms with Crippen LogP contribution in [0.25, 0.3) is 33.2 Å². The molecule has 4 rings (SSSR count). The van der Waals surface area contributed by atoms with Crippen molar-refractivity contribution in [2.75, 3.05) is 0 Å². The first-order chi connectivity index (χ1) is 13.1. The molecule has 0 spiro atoms. The normalized spacial score (nSPS) is 11.1. The summed E-state index contributed by atoms with van der Waals surface area (Å²) in [5.41, 5.74) is 8.01. The van der Waals surface area contributed by atoms with Crippen molar-refractivity contribution in [2.24, 2.45) is 0 Å². The van der Waals surface area contributed by atoms with Crippen molar-refractivity contribution >= 4 is 22.5 Å². The van der Waals surface area contributed by atoms with Gasteiger partial charge in [0.1, 0.15) is 0 Å². The van der Waals surface area contributed by atoms with E-state index >= 15 is 0 Å². The van der Waals surface area contributed by atoms with Gasteiger partial charge in [0.15, 0.2) is 0 Å². The van der Waals surface area contributed by atoms with Crippen LogP contribution in [0.2, 0.25) is 5.02 Å². The summed E-state index contributed by atoms with van der Waals surface area (Å²) >= 11 is 6.50. The summed E-state index contributed by atoms with van der Waals surface area (Å²) in [6, 6.07) is 15.8. The third-order valence-electron chi connectivity index (χ3n) is 4.89. The molecule has 2 aromatic carbocycles. The highest BCUT2D eigenvalue weighted by atomic mass is 35.5. The second-order valence-corrected chi connectivity index (χ2v) is 7.03. The van der Waals surface area contributed by atoms with Crippen LogP contribution in [0.15, 0.2) is 60.9 Å². The van der Waals surface area contributed by atoms with E-state index in [4.69, 9.17) is 11.6 Å². The molecule has 0 saturated heterocycles. The zero-order valence-electron chi connectivity index (χ0n) is 15.2. The Balaban J connectivity index is 2.13. The molecule has 2 aromatic heterocycles. The van der Waals surface area contributed by atoms with Crippen LogP contribution in [-0.4, -0.2) is 15.1 Å². The van der Waals surface area contributed by atoms with Crippen molar-refractivity contribution in [3.05, 3.63) is 82.8 Å². The Morgan fingerprint density at radius 1 is 0.963 bits per heavy atom. The lowest BCUT2D eigenvalue weighted by molar-refractivity contribution is 0.277. The first kappa shape index (κ1) is 17.7. The second kappa shape index (κ2) is 7.10. The molecule has 0 fully saturated rings. The van der Waals surface area contributed by atoms with Gasteiger partial charge in [0, 0.05) is 28.4 Å². The Kier molecular flexibility index (Phi) is 4.65. The number of pyridine rings is 2. The Morgan fingerprint density at radius 2 is 1.70 bits per heavy atom. The Hall–Kier alpha value is -2.75. The van der Waals surface area contributed by atoms with Crippen LogP contribution in [0.5, 0.6) is 0 Å². The quantitative estimate of drug-likeness (QED) is 0.498. The number of aromatic nitrogens is 2. The van der Waals surface area contributed by atoms with Crippen molar-refractivity contribution in [1.82, 2.24) is 9.97 Å². The molecule has 0 radical (unpaired) electrons. The molecule has 0 bridgehead atoms. The van der Waals surface area contributed by atoms with Crippen LogP contribution in [0.1, 0.15) is 16.8 Å². The van der Waals surface area contributed by atoms with E-state index in [9.17, 15) is 5.11 Å². The topological polar surface area (TPSA) is 46.0 Å². The Morgan fingerprint density at radius 3 is 2.41 bits per heavy atom. The molecular weight excluding hydrogens is 356 g/mol. The van der Waals surface area contributed by atoms with Crippen LogP contribution in [0.3, 0.4) is 0 Å². The standard InChI is InChI=1S/C23H19ClN2O/c1-14-11-21-23(15(2)22(14)16-7-9-25-10-8-16)19(12-17(13-27)26-21)18-5-3-4-6-20(18)24/h3-12,27H,13H2,1-2H3. The van der Waals surface area contributed by atoms with Gasteiger partial charge in [-0.1, -0.05) is 29.8 Å². The van der Waals surface area contributed by atoms with Crippen LogP contribution >= 0.6 is 11.6 Å². The van der Waals surface area contributed by atoms with Gasteiger partial charge >= 0.3 is 0 Å². The summed E-state index contributed by atoms with van der Waals surface area (Å²) in [7, 11) is 0. The maximum absolute atomic E-state index is 9.71. The van der Waals surface area contributed by atoms with Gasteiger partial charge in [0.05, 0.1) is 17.8 Å². The number of aliphatic hydroxyl groups is 1. The van der Waals surface area contributed by atoms with E-state index in [2.05, 4.69) is 29.9 Å². The van der Waals surface area contributed by atoms with Gasteiger partial charge in [-0.05, 0) is 72.0 Å². The van der Waals surface area contributed by atoms with Crippen LogP contribution in [-0.2, 0) is 6.61 Å². The minimum absolute atomic E-state index is 0.113. The number of hydrogen-bond acceptors (Lipinski definition) is 3. The molecule has 0 unspecified atom stereocenters. The van der Waals surface area contributed by atoms with Crippen LogP contribution < -0.4 is 0 Å². The molecule has 1 N–H and O–H groups in total. The summed E-state index contributed by atoms with van der Waals surface area (Å²) in [6.07, 6.45) is 3.61. The van der Waals surface area contributed by atoms with Crippen molar-refractivity contribution in [3.63, 3.8) is 0 Å². The van der Waals surface area contributed by atoms with E-state index < -0.39 is 0 Å². The fraction of sp³-hybridized carbons (Fsp3) is 0.130. The molecule has 2 heterocycles. The molecule has 0 saturated carbocycles. The first-order valence-electron chi connectivity index (χ1n) is 8.80. The van der Waals surface area contributed by atoms with Gasteiger partial charge < -0.3 is 5.11 Å². The number of fused-ring (bicyclic) bond motifs is 1. The van der Waals surface area contributed by atoms with Gasteiger partial charge in [-0.3, -0.25) is 9.97 Å². The van der Waals surface area contributed by atoms with Crippen LogP contribution in [0, 0.1) is 13.8 Å². The lowest BCUT2D eigenvalue weighted by Gasteiger charge is -2.17. The third kappa shape index (κ3) is 3.09. The number of halogens is 1. The molecule has 0 amide bonds. The highest BCUT2D eigenvalue weighted by Crippen LogP contribution is 2.39. The van der Waals surface area contributed by atoms with Crippen LogP contribution in [0.4, 0.5) is 0 Å². The summed E-state index contributed by atoms with van der Waals surface area (Å²) < 4.78 is 0. The fourth-order valence-electron chi connectivity index (χ4n) is 3.75. The predicted octanol–water partition coefficient (Wildman–Crippen LogP) is 5.73. The van der Waals surface area contributed by atoms with E-state index in [1.165, 1.54) is 5.56 Å². The van der Waals surface area contributed by atoms with E-state index in [-0.39, 0.29) is 6.61 Å². The highest BCUT2D eigenvalue weighted by Gasteiger charge is 2.17. The van der Waals surface area contributed by atoms with Gasteiger partial charge in [-0.25, -0.2) is 0 Å². The minimum Gasteiger partial charge on any atom is -0.390 e.